The molecule has 0 aromatic heterocycles. The summed E-state index contributed by atoms with van der Waals surface area (Å²) in [6.07, 6.45) is 2.60. The molecule has 1 aliphatic carbocycles. The number of piperazine rings is 1. The normalized spacial score (nSPS) is 31.8. The van der Waals surface area contributed by atoms with Gasteiger partial charge in [-0.3, -0.25) is 19.3 Å². The Morgan fingerprint density at radius 2 is 2.03 bits per heavy atom. The molecule has 1 aromatic rings. The van der Waals surface area contributed by atoms with Crippen LogP contribution in [0.25, 0.3) is 0 Å². The predicted octanol–water partition coefficient (Wildman–Crippen LogP) is 1.54. The largest absolute Gasteiger partial charge is 0.355 e. The summed E-state index contributed by atoms with van der Waals surface area (Å²) in [5, 5.41) is 12.1. The van der Waals surface area contributed by atoms with E-state index in [2.05, 4.69) is 16.3 Å². The molecule has 4 fully saturated rings. The topological polar surface area (TPSA) is 96.8 Å². The summed E-state index contributed by atoms with van der Waals surface area (Å²) in [5.41, 5.74) is 1.53. The van der Waals surface area contributed by atoms with Gasteiger partial charge in [0.05, 0.1) is 18.2 Å². The summed E-state index contributed by atoms with van der Waals surface area (Å²) >= 11 is 0. The summed E-state index contributed by atoms with van der Waals surface area (Å²) in [6, 6.07) is 9.48. The lowest BCUT2D eigenvalue weighted by Crippen LogP contribution is -2.53. The molecule has 3 aliphatic heterocycles. The van der Waals surface area contributed by atoms with Crippen molar-refractivity contribution in [1.82, 2.24) is 20.0 Å². The first-order valence-electron chi connectivity index (χ1n) is 11.9. The van der Waals surface area contributed by atoms with Crippen molar-refractivity contribution < 1.29 is 14.4 Å². The van der Waals surface area contributed by atoms with Crippen LogP contribution < -0.4 is 5.32 Å². The smallest absolute Gasteiger partial charge is 0.251 e. The second-order valence-electron chi connectivity index (χ2n) is 10.1. The lowest BCUT2D eigenvalue weighted by molar-refractivity contribution is -0.142. The minimum Gasteiger partial charge on any atom is -0.355 e. The van der Waals surface area contributed by atoms with Crippen LogP contribution in [0.1, 0.15) is 55.1 Å². The first-order valence-corrected chi connectivity index (χ1v) is 11.9. The van der Waals surface area contributed by atoms with Crippen molar-refractivity contribution in [2.45, 2.75) is 63.3 Å². The number of rotatable bonds is 6. The number of hydrogen-bond donors (Lipinski definition) is 1. The van der Waals surface area contributed by atoms with Gasteiger partial charge in [-0.05, 0) is 49.8 Å². The highest BCUT2D eigenvalue weighted by atomic mass is 16.2. The van der Waals surface area contributed by atoms with Gasteiger partial charge in [0.25, 0.3) is 5.91 Å². The molecule has 1 unspecified atom stereocenters. The molecule has 4 aliphatic rings. The van der Waals surface area contributed by atoms with Crippen LogP contribution in [0.3, 0.4) is 0 Å². The fourth-order valence-corrected chi connectivity index (χ4v) is 6.22. The fourth-order valence-electron chi connectivity index (χ4n) is 6.22. The second kappa shape index (κ2) is 8.14. The Bertz CT molecular complexity index is 1040. The first-order chi connectivity index (χ1) is 15.8. The third kappa shape index (κ3) is 3.59. The van der Waals surface area contributed by atoms with Gasteiger partial charge in [0, 0.05) is 43.7 Å². The molecule has 33 heavy (non-hydrogen) atoms. The minimum absolute atomic E-state index is 0.0537. The molecule has 7 atom stereocenters. The molecule has 8 heteroatoms. The van der Waals surface area contributed by atoms with Crippen LogP contribution in [0, 0.1) is 23.2 Å². The highest BCUT2D eigenvalue weighted by molar-refractivity contribution is 5.94. The van der Waals surface area contributed by atoms with Gasteiger partial charge >= 0.3 is 0 Å². The first kappa shape index (κ1) is 21.9. The fraction of sp³-hybridized carbons (Fsp3) is 0.600. The Hall–Kier alpha value is -2.92. The van der Waals surface area contributed by atoms with Crippen molar-refractivity contribution in [3.05, 3.63) is 35.4 Å². The van der Waals surface area contributed by atoms with Gasteiger partial charge in [-0.25, -0.2) is 0 Å². The number of nitriles is 1. The van der Waals surface area contributed by atoms with E-state index in [-0.39, 0.29) is 53.8 Å². The van der Waals surface area contributed by atoms with E-state index < -0.39 is 0 Å². The molecule has 1 saturated carbocycles. The van der Waals surface area contributed by atoms with Gasteiger partial charge in [-0.2, -0.15) is 5.26 Å². The highest BCUT2D eigenvalue weighted by Gasteiger charge is 2.55. The molecule has 0 radical (unpaired) electrons. The zero-order valence-electron chi connectivity index (χ0n) is 19.4. The zero-order chi connectivity index (χ0) is 23.4. The van der Waals surface area contributed by atoms with Crippen LogP contribution in [0.5, 0.6) is 0 Å². The minimum atomic E-state index is -0.290. The summed E-state index contributed by atoms with van der Waals surface area (Å²) < 4.78 is 0. The van der Waals surface area contributed by atoms with Crippen molar-refractivity contribution in [3.63, 3.8) is 0 Å². The molecule has 5 rings (SSSR count). The summed E-state index contributed by atoms with van der Waals surface area (Å²) in [4.78, 5) is 44.4. The Kier molecular flexibility index (Phi) is 5.40. The summed E-state index contributed by atoms with van der Waals surface area (Å²) in [7, 11) is 1.61. The van der Waals surface area contributed by atoms with E-state index in [0.29, 0.717) is 18.0 Å². The van der Waals surface area contributed by atoms with Crippen molar-refractivity contribution in [2.75, 3.05) is 20.1 Å². The Morgan fingerprint density at radius 1 is 1.24 bits per heavy atom. The Morgan fingerprint density at radius 3 is 2.73 bits per heavy atom. The van der Waals surface area contributed by atoms with E-state index in [1.807, 2.05) is 41.8 Å². The number of hydrogen-bond acceptors (Lipinski definition) is 5. The maximum Gasteiger partial charge on any atom is 0.251 e. The van der Waals surface area contributed by atoms with Gasteiger partial charge in [-0.15, -0.1) is 0 Å². The predicted molar refractivity (Wildman–Crippen MR) is 121 cm³/mol. The number of nitrogens with one attached hydrogen (secondary N) is 1. The maximum absolute atomic E-state index is 13.3. The van der Waals surface area contributed by atoms with Gasteiger partial charge < -0.3 is 15.1 Å². The van der Waals surface area contributed by atoms with Crippen LogP contribution >= 0.6 is 0 Å². The Balaban J connectivity index is 1.24. The number of amides is 3. The standard InChI is InChI=1S/C25H31N5O3/c1-14(24(32)30-19(11-26)8-18-9-21(18)30)12-28-13-20-10-22(28)25(33)29(20)15(2)16-5-4-6-17(7-16)23(31)27-3/h4-7,14-15,18-22H,8-10,12-13H2,1-3H3,(H,27,31)/t14-,15+,18+,19-,20+,21?,22+/m0/s1. The summed E-state index contributed by atoms with van der Waals surface area (Å²) in [6.45, 7) is 5.24. The van der Waals surface area contributed by atoms with E-state index in [4.69, 9.17) is 0 Å². The van der Waals surface area contributed by atoms with E-state index in [9.17, 15) is 19.6 Å². The number of likely N-dealkylation sites (tertiary alicyclic amines) is 3. The van der Waals surface area contributed by atoms with Crippen molar-refractivity contribution in [1.29, 1.82) is 5.26 Å². The van der Waals surface area contributed by atoms with E-state index in [1.165, 1.54) is 0 Å². The molecule has 8 nitrogen and oxygen atoms in total. The number of nitrogens with zero attached hydrogens (tertiary/aromatic N) is 4. The molecule has 1 aromatic carbocycles. The van der Waals surface area contributed by atoms with E-state index in [1.54, 1.807) is 13.1 Å². The molecule has 1 N–H and O–H groups in total. The third-order valence-corrected chi connectivity index (χ3v) is 8.03. The molecular formula is C25H31N5O3. The molecule has 3 heterocycles. The van der Waals surface area contributed by atoms with Crippen LogP contribution in [0.2, 0.25) is 0 Å². The molecule has 3 amide bonds. The van der Waals surface area contributed by atoms with E-state index >= 15 is 0 Å². The molecule has 2 bridgehead atoms. The number of piperidine rings is 1. The van der Waals surface area contributed by atoms with E-state index in [0.717, 1.165) is 31.4 Å². The van der Waals surface area contributed by atoms with Crippen LogP contribution in [0.4, 0.5) is 0 Å². The van der Waals surface area contributed by atoms with Gasteiger partial charge in [0.2, 0.25) is 11.8 Å². The SMILES string of the molecule is CNC(=O)c1cccc([C@@H](C)N2C(=O)[C@H]3C[C@@H]2CN3C[C@H](C)C(=O)N2C3C[C@H]3C[C@H]2C#N)c1. The quantitative estimate of drug-likeness (QED) is 0.711. The average Bonchev–Trinajstić information content (AvgIpc) is 3.15. The van der Waals surface area contributed by atoms with Crippen LogP contribution in [0.15, 0.2) is 24.3 Å². The van der Waals surface area contributed by atoms with Gasteiger partial charge in [0.1, 0.15) is 6.04 Å². The number of fused-ring (bicyclic) bond motifs is 3. The van der Waals surface area contributed by atoms with Crippen molar-refractivity contribution >= 4 is 17.7 Å². The molecule has 174 valence electrons. The maximum atomic E-state index is 13.3. The van der Waals surface area contributed by atoms with Crippen LogP contribution in [-0.4, -0.2) is 76.7 Å². The van der Waals surface area contributed by atoms with Crippen molar-refractivity contribution in [3.8, 4) is 6.07 Å². The van der Waals surface area contributed by atoms with Crippen molar-refractivity contribution in [2.24, 2.45) is 11.8 Å². The Labute approximate surface area is 194 Å². The number of carbonyl (C=O) groups is 3. The third-order valence-electron chi connectivity index (χ3n) is 8.03. The second-order valence-corrected chi connectivity index (χ2v) is 10.1. The lowest BCUT2D eigenvalue weighted by atomic mass is 10.0. The molecule has 0 spiro atoms. The zero-order valence-corrected chi connectivity index (χ0v) is 19.4. The molecular weight excluding hydrogens is 418 g/mol. The number of benzene rings is 1. The highest BCUT2D eigenvalue weighted by Crippen LogP contribution is 2.48. The average molecular weight is 450 g/mol. The van der Waals surface area contributed by atoms with Gasteiger partial charge in [-0.1, -0.05) is 19.1 Å². The number of carbonyl (C=O) groups excluding carboxylic acids is 3. The van der Waals surface area contributed by atoms with Gasteiger partial charge in [0.15, 0.2) is 0 Å². The summed E-state index contributed by atoms with van der Waals surface area (Å²) in [5.74, 6) is 0.284. The van der Waals surface area contributed by atoms with Crippen LogP contribution in [-0.2, 0) is 9.59 Å². The lowest BCUT2D eigenvalue weighted by Gasteiger charge is -2.38. The monoisotopic (exact) mass is 449 g/mol. The molecule has 3 saturated heterocycles.